The Balaban J connectivity index is 1.96. The van der Waals surface area contributed by atoms with Crippen molar-refractivity contribution in [1.29, 1.82) is 0 Å². The summed E-state index contributed by atoms with van der Waals surface area (Å²) in [6.45, 7) is 2.00. The third kappa shape index (κ3) is 2.87. The maximum atomic E-state index is 6.32. The highest BCUT2D eigenvalue weighted by Gasteiger charge is 2.19. The summed E-state index contributed by atoms with van der Waals surface area (Å²) < 4.78 is 0. The number of aromatic nitrogens is 2. The molecule has 2 heterocycles. The van der Waals surface area contributed by atoms with Gasteiger partial charge in [-0.05, 0) is 30.5 Å². The predicted molar refractivity (Wildman–Crippen MR) is 90.3 cm³/mol. The summed E-state index contributed by atoms with van der Waals surface area (Å²) >= 11 is 9.51. The molecule has 3 rings (SSSR count). The number of halogens is 1. The fraction of sp³-hybridized carbons (Fsp3) is 0.200. The Hall–Kier alpha value is -1.27. The summed E-state index contributed by atoms with van der Waals surface area (Å²) in [6, 6.07) is 10.3. The largest absolute Gasteiger partial charge is 0.307 e. The van der Waals surface area contributed by atoms with Crippen LogP contribution in [0, 0.1) is 6.92 Å². The van der Waals surface area contributed by atoms with Crippen LogP contribution in [0.1, 0.15) is 22.2 Å². The number of nitrogens with zero attached hydrogens (tertiary/aromatic N) is 2. The van der Waals surface area contributed by atoms with Crippen molar-refractivity contribution < 1.29 is 0 Å². The van der Waals surface area contributed by atoms with E-state index in [2.05, 4.69) is 27.6 Å². The molecule has 1 atom stereocenters. The average molecular weight is 336 g/mol. The first-order valence-electron chi connectivity index (χ1n) is 6.50. The lowest BCUT2D eigenvalue weighted by Crippen LogP contribution is -2.17. The lowest BCUT2D eigenvalue weighted by molar-refractivity contribution is 0.678. The van der Waals surface area contributed by atoms with Gasteiger partial charge in [0.05, 0.1) is 15.9 Å². The van der Waals surface area contributed by atoms with Crippen molar-refractivity contribution in [3.63, 3.8) is 0 Å². The van der Waals surface area contributed by atoms with Gasteiger partial charge >= 0.3 is 0 Å². The van der Waals surface area contributed by atoms with Gasteiger partial charge in [-0.3, -0.25) is 0 Å². The van der Waals surface area contributed by atoms with E-state index in [4.69, 9.17) is 11.6 Å². The van der Waals surface area contributed by atoms with Crippen molar-refractivity contribution in [3.8, 4) is 9.88 Å². The average Bonchev–Trinajstić information content (AvgIpc) is 3.10. The molecule has 108 valence electrons. The maximum absolute atomic E-state index is 6.32. The van der Waals surface area contributed by atoms with Gasteiger partial charge in [-0.25, -0.2) is 0 Å². The molecule has 3 nitrogen and oxygen atoms in total. The number of hydrogen-bond acceptors (Lipinski definition) is 5. The predicted octanol–water partition coefficient (Wildman–Crippen LogP) is 4.54. The van der Waals surface area contributed by atoms with E-state index in [0.717, 1.165) is 25.5 Å². The molecule has 0 saturated heterocycles. The summed E-state index contributed by atoms with van der Waals surface area (Å²) in [7, 11) is 1.93. The second-order valence-electron chi connectivity index (χ2n) is 4.64. The van der Waals surface area contributed by atoms with Crippen LogP contribution >= 0.6 is 34.3 Å². The number of rotatable bonds is 4. The number of thiophene rings is 1. The highest BCUT2D eigenvalue weighted by atomic mass is 35.5. The molecule has 0 aliphatic rings. The molecule has 0 fully saturated rings. The van der Waals surface area contributed by atoms with Crippen molar-refractivity contribution in [3.05, 3.63) is 56.9 Å². The molecule has 21 heavy (non-hydrogen) atoms. The summed E-state index contributed by atoms with van der Waals surface area (Å²) in [5.41, 5.74) is 2.26. The van der Waals surface area contributed by atoms with Gasteiger partial charge in [0.15, 0.2) is 5.01 Å². The molecule has 2 aromatic heterocycles. The molecule has 1 unspecified atom stereocenters. The van der Waals surface area contributed by atoms with Gasteiger partial charge < -0.3 is 5.32 Å². The van der Waals surface area contributed by atoms with E-state index in [1.807, 2.05) is 37.6 Å². The Labute approximate surface area is 136 Å². The smallest absolute Gasteiger partial charge is 0.159 e. The lowest BCUT2D eigenvalue weighted by Gasteiger charge is -2.12. The van der Waals surface area contributed by atoms with Crippen LogP contribution in [0.5, 0.6) is 0 Å². The first-order valence-corrected chi connectivity index (χ1v) is 8.57. The van der Waals surface area contributed by atoms with Crippen LogP contribution < -0.4 is 5.32 Å². The fourth-order valence-corrected chi connectivity index (χ4v) is 4.51. The number of aryl methyl sites for hydroxylation is 1. The maximum Gasteiger partial charge on any atom is 0.159 e. The van der Waals surface area contributed by atoms with Gasteiger partial charge in [-0.2, -0.15) is 0 Å². The first kappa shape index (κ1) is 14.7. The molecule has 3 aromatic rings. The Bertz CT molecular complexity index is 736. The molecule has 0 saturated carbocycles. The second kappa shape index (κ2) is 6.23. The number of hydrogen-bond donors (Lipinski definition) is 1. The minimum absolute atomic E-state index is 0.0530. The molecule has 0 spiro atoms. The molecule has 0 aliphatic carbocycles. The molecule has 1 aromatic carbocycles. The van der Waals surface area contributed by atoms with Crippen molar-refractivity contribution in [2.45, 2.75) is 13.0 Å². The summed E-state index contributed by atoms with van der Waals surface area (Å²) in [5, 5.41) is 16.6. The zero-order chi connectivity index (χ0) is 14.8. The van der Waals surface area contributed by atoms with Gasteiger partial charge in [0.25, 0.3) is 0 Å². The van der Waals surface area contributed by atoms with Crippen LogP contribution in [-0.4, -0.2) is 17.2 Å². The monoisotopic (exact) mass is 335 g/mol. The first-order chi connectivity index (χ1) is 10.2. The molecule has 1 N–H and O–H groups in total. The van der Waals surface area contributed by atoms with Crippen LogP contribution in [-0.2, 0) is 0 Å². The Kier molecular flexibility index (Phi) is 4.35. The molecule has 0 radical (unpaired) electrons. The topological polar surface area (TPSA) is 37.8 Å². The van der Waals surface area contributed by atoms with Gasteiger partial charge in [0, 0.05) is 0 Å². The molecular weight excluding hydrogens is 322 g/mol. The number of nitrogens with one attached hydrogen (secondary N) is 1. The van der Waals surface area contributed by atoms with Crippen molar-refractivity contribution >= 4 is 34.3 Å². The Morgan fingerprint density at radius 3 is 2.57 bits per heavy atom. The van der Waals surface area contributed by atoms with E-state index in [1.165, 1.54) is 5.56 Å². The van der Waals surface area contributed by atoms with E-state index in [9.17, 15) is 0 Å². The zero-order valence-corrected chi connectivity index (χ0v) is 14.0. The van der Waals surface area contributed by atoms with Gasteiger partial charge in [0.2, 0.25) is 0 Å². The second-order valence-corrected chi connectivity index (χ2v) is 6.91. The Morgan fingerprint density at radius 1 is 1.19 bits per heavy atom. The van der Waals surface area contributed by atoms with E-state index >= 15 is 0 Å². The third-order valence-corrected chi connectivity index (χ3v) is 6.04. The fourth-order valence-electron chi connectivity index (χ4n) is 2.10. The normalized spacial score (nSPS) is 12.5. The molecular formula is C15H14ClN3S2. The van der Waals surface area contributed by atoms with E-state index in [0.29, 0.717) is 0 Å². The summed E-state index contributed by atoms with van der Waals surface area (Å²) in [4.78, 5) is 1.00. The lowest BCUT2D eigenvalue weighted by atomic mass is 10.1. The quantitative estimate of drug-likeness (QED) is 0.760. The van der Waals surface area contributed by atoms with Gasteiger partial charge in [0.1, 0.15) is 5.01 Å². The third-order valence-electron chi connectivity index (χ3n) is 3.20. The SMILES string of the molecule is CNC(c1ccccc1)c1nnc(-c2scc(C)c2Cl)s1. The highest BCUT2D eigenvalue weighted by molar-refractivity contribution is 7.21. The van der Waals surface area contributed by atoms with Crippen LogP contribution in [0.25, 0.3) is 9.88 Å². The molecule has 0 bridgehead atoms. The van der Waals surface area contributed by atoms with Crippen molar-refractivity contribution in [2.24, 2.45) is 0 Å². The minimum Gasteiger partial charge on any atom is -0.307 e. The highest BCUT2D eigenvalue weighted by Crippen LogP contribution is 2.39. The minimum atomic E-state index is 0.0530. The van der Waals surface area contributed by atoms with Gasteiger partial charge in [-0.1, -0.05) is 53.3 Å². The molecule has 0 amide bonds. The van der Waals surface area contributed by atoms with Crippen LogP contribution in [0.4, 0.5) is 0 Å². The Morgan fingerprint density at radius 2 is 1.95 bits per heavy atom. The van der Waals surface area contributed by atoms with E-state index in [1.54, 1.807) is 22.7 Å². The van der Waals surface area contributed by atoms with E-state index in [-0.39, 0.29) is 6.04 Å². The van der Waals surface area contributed by atoms with Crippen LogP contribution in [0.3, 0.4) is 0 Å². The van der Waals surface area contributed by atoms with Crippen LogP contribution in [0.2, 0.25) is 5.02 Å². The van der Waals surface area contributed by atoms with Crippen molar-refractivity contribution in [1.82, 2.24) is 15.5 Å². The van der Waals surface area contributed by atoms with Crippen LogP contribution in [0.15, 0.2) is 35.7 Å². The zero-order valence-electron chi connectivity index (χ0n) is 11.6. The van der Waals surface area contributed by atoms with E-state index < -0.39 is 0 Å². The van der Waals surface area contributed by atoms with Gasteiger partial charge in [-0.15, -0.1) is 21.5 Å². The standard InChI is InChI=1S/C15H14ClN3S2/c1-9-8-20-13(11(9)16)15-19-18-14(21-15)12(17-2)10-6-4-3-5-7-10/h3-8,12,17H,1-2H3. The molecule has 6 heteroatoms. The van der Waals surface area contributed by atoms with Crippen molar-refractivity contribution in [2.75, 3.05) is 7.05 Å². The summed E-state index contributed by atoms with van der Waals surface area (Å²) in [6.07, 6.45) is 0. The number of benzene rings is 1. The summed E-state index contributed by atoms with van der Waals surface area (Å²) in [5.74, 6) is 0. The molecule has 0 aliphatic heterocycles.